The number of ether oxygens (including phenoxy) is 1. The molecule has 1 amide bonds. The van der Waals surface area contributed by atoms with E-state index in [9.17, 15) is 13.2 Å². The van der Waals surface area contributed by atoms with E-state index < -0.39 is 15.8 Å². The lowest BCUT2D eigenvalue weighted by molar-refractivity contribution is -0.122. The first-order chi connectivity index (χ1) is 15.2. The van der Waals surface area contributed by atoms with Crippen molar-refractivity contribution in [1.29, 1.82) is 0 Å². The molecule has 0 aliphatic heterocycles. The zero-order valence-corrected chi connectivity index (χ0v) is 20.0. The number of aromatic nitrogens is 1. The first-order valence-corrected chi connectivity index (χ1v) is 13.2. The molecule has 0 spiro atoms. The van der Waals surface area contributed by atoms with E-state index >= 15 is 0 Å². The largest absolute Gasteiger partial charge is 0.481 e. The lowest BCUT2D eigenvalue weighted by atomic mass is 9.87. The van der Waals surface area contributed by atoms with Crippen LogP contribution in [0.5, 0.6) is 5.88 Å². The zero-order chi connectivity index (χ0) is 23.3. The Morgan fingerprint density at radius 1 is 1.25 bits per heavy atom. The molecular weight excluding hydrogens is 446 g/mol. The van der Waals surface area contributed by atoms with Crippen molar-refractivity contribution in [3.05, 3.63) is 53.6 Å². The number of hydrogen-bond donors (Lipinski definition) is 2. The summed E-state index contributed by atoms with van der Waals surface area (Å²) in [7, 11) is -1.78. The van der Waals surface area contributed by atoms with Crippen LogP contribution in [0.25, 0.3) is 0 Å². The van der Waals surface area contributed by atoms with Gasteiger partial charge in [0.25, 0.3) is 0 Å². The van der Waals surface area contributed by atoms with Gasteiger partial charge in [-0.05, 0) is 36.1 Å². The van der Waals surface area contributed by atoms with E-state index in [1.54, 1.807) is 36.4 Å². The molecule has 1 unspecified atom stereocenters. The van der Waals surface area contributed by atoms with Gasteiger partial charge in [-0.3, -0.25) is 4.79 Å². The molecule has 172 valence electrons. The van der Waals surface area contributed by atoms with Crippen molar-refractivity contribution in [3.63, 3.8) is 0 Å². The maximum absolute atomic E-state index is 13.2. The molecule has 3 rings (SSSR count). The number of nitrogen functional groups attached to an aromatic ring is 1. The van der Waals surface area contributed by atoms with E-state index in [2.05, 4.69) is 16.9 Å². The molecule has 0 radical (unpaired) electrons. The van der Waals surface area contributed by atoms with Crippen LogP contribution >= 0.6 is 11.8 Å². The highest BCUT2D eigenvalue weighted by molar-refractivity contribution is 8.03. The fraction of sp³-hybridized carbons (Fsp3) is 0.391. The standard InChI is InChI=1S/C23H29N3O4S2/c1-15(31-23-20(24)12-13-21(26-23)30-2)25-22(27)19(14-16-6-4-5-7-16)17-8-10-18(11-9-17)32(3,28)29/h8-13,16,19H,1,4-7,14,24H2,2-3H3,(H,25,27). The van der Waals surface area contributed by atoms with Crippen LogP contribution in [0, 0.1) is 5.92 Å². The molecule has 1 heterocycles. The van der Waals surface area contributed by atoms with Gasteiger partial charge in [0, 0.05) is 12.3 Å². The van der Waals surface area contributed by atoms with E-state index in [4.69, 9.17) is 10.5 Å². The monoisotopic (exact) mass is 475 g/mol. The van der Waals surface area contributed by atoms with Gasteiger partial charge in [-0.25, -0.2) is 13.4 Å². The number of amides is 1. The highest BCUT2D eigenvalue weighted by atomic mass is 32.2. The van der Waals surface area contributed by atoms with Crippen LogP contribution in [0.1, 0.15) is 43.6 Å². The minimum Gasteiger partial charge on any atom is -0.481 e. The second-order valence-corrected chi connectivity index (χ2v) is 11.1. The number of thioether (sulfide) groups is 1. The van der Waals surface area contributed by atoms with Gasteiger partial charge in [0.2, 0.25) is 11.8 Å². The van der Waals surface area contributed by atoms with Crippen LogP contribution in [0.2, 0.25) is 0 Å². The average molecular weight is 476 g/mol. The van der Waals surface area contributed by atoms with Crippen LogP contribution in [-0.2, 0) is 14.6 Å². The quantitative estimate of drug-likeness (QED) is 0.525. The topological polar surface area (TPSA) is 111 Å². The van der Waals surface area contributed by atoms with Gasteiger partial charge >= 0.3 is 0 Å². The summed E-state index contributed by atoms with van der Waals surface area (Å²) in [6.07, 6.45) is 6.44. The third-order valence-electron chi connectivity index (χ3n) is 5.63. The number of carbonyl (C=O) groups excluding carboxylic acids is 1. The summed E-state index contributed by atoms with van der Waals surface area (Å²) in [5.41, 5.74) is 7.24. The Bertz CT molecular complexity index is 1080. The first kappa shape index (κ1) is 24.1. The molecule has 0 bridgehead atoms. The van der Waals surface area contributed by atoms with Crippen LogP contribution in [-0.4, -0.2) is 32.7 Å². The maximum atomic E-state index is 13.2. The number of nitrogens with two attached hydrogens (primary N) is 1. The summed E-state index contributed by atoms with van der Waals surface area (Å²) < 4.78 is 28.7. The van der Waals surface area contributed by atoms with Crippen molar-refractivity contribution >= 4 is 33.2 Å². The lowest BCUT2D eigenvalue weighted by Crippen LogP contribution is -2.29. The molecule has 2 aromatic rings. The smallest absolute Gasteiger partial charge is 0.232 e. The molecule has 1 aromatic carbocycles. The second-order valence-electron chi connectivity index (χ2n) is 8.04. The van der Waals surface area contributed by atoms with Crippen LogP contribution < -0.4 is 15.8 Å². The molecule has 1 aliphatic carbocycles. The summed E-state index contributed by atoms with van der Waals surface area (Å²) in [6, 6.07) is 9.93. The van der Waals surface area contributed by atoms with Gasteiger partial charge in [-0.15, -0.1) is 0 Å². The number of anilines is 1. The number of pyridine rings is 1. The molecule has 1 aliphatic rings. The van der Waals surface area contributed by atoms with Gasteiger partial charge in [0.05, 0.1) is 28.6 Å². The fourth-order valence-electron chi connectivity index (χ4n) is 3.92. The first-order valence-electron chi connectivity index (χ1n) is 10.5. The van der Waals surface area contributed by atoms with E-state index in [-0.39, 0.29) is 10.8 Å². The van der Waals surface area contributed by atoms with Crippen molar-refractivity contribution in [2.45, 2.75) is 47.9 Å². The third kappa shape index (κ3) is 6.26. The van der Waals surface area contributed by atoms with Crippen LogP contribution in [0.4, 0.5) is 5.69 Å². The number of hydrogen-bond acceptors (Lipinski definition) is 7. The lowest BCUT2D eigenvalue weighted by Gasteiger charge is -2.21. The van der Waals surface area contributed by atoms with Gasteiger partial charge in [0.1, 0.15) is 5.03 Å². The highest BCUT2D eigenvalue weighted by Gasteiger charge is 2.27. The fourth-order valence-corrected chi connectivity index (χ4v) is 5.25. The molecule has 7 nitrogen and oxygen atoms in total. The van der Waals surface area contributed by atoms with Crippen LogP contribution in [0.3, 0.4) is 0 Å². The Labute approximate surface area is 193 Å². The highest BCUT2D eigenvalue weighted by Crippen LogP contribution is 2.35. The van der Waals surface area contributed by atoms with Gasteiger partial charge in [0.15, 0.2) is 9.84 Å². The van der Waals surface area contributed by atoms with Crippen molar-refractivity contribution in [2.24, 2.45) is 5.92 Å². The van der Waals surface area contributed by atoms with Gasteiger partial charge in [-0.1, -0.05) is 56.2 Å². The minimum atomic E-state index is -3.30. The predicted molar refractivity (Wildman–Crippen MR) is 127 cm³/mol. The van der Waals surface area contributed by atoms with Crippen molar-refractivity contribution in [3.8, 4) is 5.88 Å². The Kier molecular flexibility index (Phi) is 7.84. The summed E-state index contributed by atoms with van der Waals surface area (Å²) in [5, 5.41) is 3.79. The predicted octanol–water partition coefficient (Wildman–Crippen LogP) is 4.12. The Morgan fingerprint density at radius 3 is 2.50 bits per heavy atom. The minimum absolute atomic E-state index is 0.178. The number of nitrogens with one attached hydrogen (secondary N) is 1. The number of benzene rings is 1. The Morgan fingerprint density at radius 2 is 1.91 bits per heavy atom. The SMILES string of the molecule is C=C(NC(=O)C(CC1CCCC1)c1ccc(S(C)(=O)=O)cc1)Sc1nc(OC)ccc1N. The van der Waals surface area contributed by atoms with Gasteiger partial charge < -0.3 is 15.8 Å². The number of carbonyl (C=O) groups is 1. The number of nitrogens with zero attached hydrogens (tertiary/aromatic N) is 1. The van der Waals surface area contributed by atoms with E-state index in [0.717, 1.165) is 18.4 Å². The Hall–Kier alpha value is -2.52. The molecule has 9 heteroatoms. The molecular formula is C23H29N3O4S2. The Balaban J connectivity index is 1.76. The van der Waals surface area contributed by atoms with E-state index in [0.29, 0.717) is 34.0 Å². The normalized spacial score (nSPS) is 15.3. The maximum Gasteiger partial charge on any atom is 0.232 e. The molecule has 1 fully saturated rings. The number of sulfone groups is 1. The summed E-state index contributed by atoms with van der Waals surface area (Å²) in [5.74, 6) is 0.311. The molecule has 1 aromatic heterocycles. The summed E-state index contributed by atoms with van der Waals surface area (Å²) >= 11 is 1.17. The average Bonchev–Trinajstić information content (AvgIpc) is 3.26. The number of methoxy groups -OCH3 is 1. The summed E-state index contributed by atoms with van der Waals surface area (Å²) in [6.45, 7) is 3.96. The number of rotatable bonds is 9. The van der Waals surface area contributed by atoms with Crippen molar-refractivity contribution in [2.75, 3.05) is 19.1 Å². The van der Waals surface area contributed by atoms with Crippen molar-refractivity contribution in [1.82, 2.24) is 10.3 Å². The second kappa shape index (κ2) is 10.4. The van der Waals surface area contributed by atoms with E-state index in [1.807, 2.05) is 0 Å². The summed E-state index contributed by atoms with van der Waals surface area (Å²) in [4.78, 5) is 17.8. The molecule has 0 saturated heterocycles. The molecule has 1 saturated carbocycles. The van der Waals surface area contributed by atoms with Crippen LogP contribution in [0.15, 0.2) is 57.9 Å². The molecule has 3 N–H and O–H groups in total. The molecule has 32 heavy (non-hydrogen) atoms. The molecule has 1 atom stereocenters. The zero-order valence-electron chi connectivity index (χ0n) is 18.3. The van der Waals surface area contributed by atoms with Gasteiger partial charge in [-0.2, -0.15) is 0 Å². The third-order valence-corrected chi connectivity index (χ3v) is 7.62. The van der Waals surface area contributed by atoms with Crippen molar-refractivity contribution < 1.29 is 17.9 Å². The van der Waals surface area contributed by atoms with E-state index in [1.165, 1.54) is 38.0 Å².